The lowest BCUT2D eigenvalue weighted by Crippen LogP contribution is -2.62. The van der Waals surface area contributed by atoms with E-state index < -0.39 is 47.4 Å². The van der Waals surface area contributed by atoms with Gasteiger partial charge in [0.2, 0.25) is 0 Å². The SMILES string of the molecule is CC(C)(C)[Si](C)(C)O[C@@H]1[C@@H](O[Si](C)(C)C(C)(C)C)CC(O)O[C@H]1C(F)(F)F. The molecule has 1 rings (SSSR count). The Hall–Kier alpha value is 0.0638. The Morgan fingerprint density at radius 2 is 1.26 bits per heavy atom. The van der Waals surface area contributed by atoms with E-state index in [9.17, 15) is 18.3 Å². The van der Waals surface area contributed by atoms with Crippen LogP contribution in [0.15, 0.2) is 0 Å². The van der Waals surface area contributed by atoms with Crippen LogP contribution in [0.3, 0.4) is 0 Å². The molecule has 1 fully saturated rings. The van der Waals surface area contributed by atoms with Crippen molar-refractivity contribution in [1.82, 2.24) is 0 Å². The van der Waals surface area contributed by atoms with Crippen LogP contribution in [0.25, 0.3) is 0 Å². The van der Waals surface area contributed by atoms with Gasteiger partial charge in [0, 0.05) is 6.42 Å². The summed E-state index contributed by atoms with van der Waals surface area (Å²) in [5.41, 5.74) is 0. The molecule has 1 aliphatic rings. The zero-order chi connectivity index (χ0) is 21.6. The molecule has 1 heterocycles. The van der Waals surface area contributed by atoms with Gasteiger partial charge in [-0.25, -0.2) is 0 Å². The van der Waals surface area contributed by atoms with Gasteiger partial charge in [-0.05, 0) is 36.3 Å². The fourth-order valence-electron chi connectivity index (χ4n) is 2.42. The number of rotatable bonds is 4. The highest BCUT2D eigenvalue weighted by Gasteiger charge is 2.57. The molecule has 0 aromatic rings. The molecule has 1 unspecified atom stereocenters. The van der Waals surface area contributed by atoms with Gasteiger partial charge in [0.25, 0.3) is 0 Å². The van der Waals surface area contributed by atoms with Crippen LogP contribution in [0.2, 0.25) is 36.3 Å². The van der Waals surface area contributed by atoms with Gasteiger partial charge in [-0.2, -0.15) is 13.2 Å². The van der Waals surface area contributed by atoms with Crippen LogP contribution in [0.1, 0.15) is 48.0 Å². The second-order valence-electron chi connectivity index (χ2n) is 10.5. The van der Waals surface area contributed by atoms with Crippen molar-refractivity contribution < 1.29 is 31.9 Å². The van der Waals surface area contributed by atoms with Crippen LogP contribution in [0.4, 0.5) is 13.2 Å². The second-order valence-corrected chi connectivity index (χ2v) is 20.1. The molecular weight excluding hydrogens is 393 g/mol. The first kappa shape index (κ1) is 25.1. The molecule has 0 amide bonds. The largest absolute Gasteiger partial charge is 0.417 e. The predicted molar refractivity (Wildman–Crippen MR) is 106 cm³/mol. The summed E-state index contributed by atoms with van der Waals surface area (Å²) in [5.74, 6) is 0. The van der Waals surface area contributed by atoms with Gasteiger partial charge in [0.15, 0.2) is 29.0 Å². The first-order valence-electron chi connectivity index (χ1n) is 9.45. The topological polar surface area (TPSA) is 47.9 Å². The molecule has 4 nitrogen and oxygen atoms in total. The molecule has 0 aromatic heterocycles. The van der Waals surface area contributed by atoms with Crippen LogP contribution < -0.4 is 0 Å². The molecular formula is C18H37F3O4Si2. The molecule has 1 aliphatic heterocycles. The molecule has 9 heteroatoms. The summed E-state index contributed by atoms with van der Waals surface area (Å²) in [5, 5.41) is 9.52. The van der Waals surface area contributed by atoms with Crippen LogP contribution in [0.5, 0.6) is 0 Å². The van der Waals surface area contributed by atoms with Gasteiger partial charge in [-0.3, -0.25) is 0 Å². The van der Waals surface area contributed by atoms with Crippen molar-refractivity contribution in [3.63, 3.8) is 0 Å². The minimum Gasteiger partial charge on any atom is -0.411 e. The van der Waals surface area contributed by atoms with Crippen LogP contribution in [-0.4, -0.2) is 52.5 Å². The number of hydrogen-bond donors (Lipinski definition) is 1. The van der Waals surface area contributed by atoms with Gasteiger partial charge in [0.1, 0.15) is 6.10 Å². The molecule has 0 saturated carbocycles. The van der Waals surface area contributed by atoms with E-state index >= 15 is 0 Å². The van der Waals surface area contributed by atoms with E-state index in [2.05, 4.69) is 0 Å². The van der Waals surface area contributed by atoms with Crippen molar-refractivity contribution >= 4 is 16.6 Å². The lowest BCUT2D eigenvalue weighted by Gasteiger charge is -2.49. The maximum absolute atomic E-state index is 13.7. The standard InChI is InChI=1S/C18H37F3O4Si2/c1-16(2,3)26(7,8)24-12-11-13(22)23-15(18(19,20)21)14(12)25-27(9,10)17(4,5)6/h12-15,22H,11H2,1-10H3/t12-,13?,14+,15+/m0/s1. The Balaban J connectivity index is 3.30. The van der Waals surface area contributed by atoms with E-state index in [1.165, 1.54) is 0 Å². The summed E-state index contributed by atoms with van der Waals surface area (Å²) in [6, 6.07) is 0. The van der Waals surface area contributed by atoms with E-state index in [0.29, 0.717) is 0 Å². The lowest BCUT2D eigenvalue weighted by atomic mass is 10.0. The summed E-state index contributed by atoms with van der Waals surface area (Å²) in [6.07, 6.45) is -10.6. The third-order valence-electron chi connectivity index (χ3n) is 6.21. The van der Waals surface area contributed by atoms with Crippen molar-refractivity contribution in [2.24, 2.45) is 0 Å². The first-order chi connectivity index (χ1) is 11.7. The first-order valence-corrected chi connectivity index (χ1v) is 15.3. The number of aliphatic hydroxyl groups excluding tert-OH is 1. The zero-order valence-electron chi connectivity index (χ0n) is 18.3. The van der Waals surface area contributed by atoms with Crippen molar-refractivity contribution in [2.75, 3.05) is 0 Å². The number of hydrogen-bond acceptors (Lipinski definition) is 4. The Kier molecular flexibility index (Phi) is 7.17. The molecule has 1 saturated heterocycles. The number of halogens is 3. The summed E-state index contributed by atoms with van der Waals surface area (Å²) in [4.78, 5) is 0. The van der Waals surface area contributed by atoms with Crippen LogP contribution >= 0.6 is 0 Å². The smallest absolute Gasteiger partial charge is 0.411 e. The Bertz CT molecular complexity index is 510. The van der Waals surface area contributed by atoms with Gasteiger partial charge < -0.3 is 18.7 Å². The molecule has 0 aromatic carbocycles. The second kappa shape index (κ2) is 7.72. The van der Waals surface area contributed by atoms with Gasteiger partial charge >= 0.3 is 6.18 Å². The zero-order valence-corrected chi connectivity index (χ0v) is 20.3. The number of ether oxygens (including phenoxy) is 1. The van der Waals surface area contributed by atoms with Crippen molar-refractivity contribution in [3.8, 4) is 0 Å². The minimum absolute atomic E-state index is 0.0294. The molecule has 0 spiro atoms. The molecule has 4 atom stereocenters. The fourth-order valence-corrected chi connectivity index (χ4v) is 5.07. The highest BCUT2D eigenvalue weighted by atomic mass is 28.4. The third kappa shape index (κ3) is 6.02. The molecule has 0 bridgehead atoms. The summed E-state index contributed by atoms with van der Waals surface area (Å²) >= 11 is 0. The third-order valence-corrected chi connectivity index (χ3v) is 15.2. The fraction of sp³-hybridized carbons (Fsp3) is 1.00. The van der Waals surface area contributed by atoms with Gasteiger partial charge in [0.05, 0.1) is 6.10 Å². The summed E-state index contributed by atoms with van der Waals surface area (Å²) < 4.78 is 58.6. The number of aliphatic hydroxyl groups is 1. The molecule has 0 aliphatic carbocycles. The van der Waals surface area contributed by atoms with Crippen LogP contribution in [0, 0.1) is 0 Å². The summed E-state index contributed by atoms with van der Waals surface area (Å²) in [7, 11) is -4.90. The highest BCUT2D eigenvalue weighted by Crippen LogP contribution is 2.44. The monoisotopic (exact) mass is 430 g/mol. The summed E-state index contributed by atoms with van der Waals surface area (Å²) in [6.45, 7) is 19.8. The molecule has 162 valence electrons. The average molecular weight is 431 g/mol. The van der Waals surface area contributed by atoms with E-state index in [1.807, 2.05) is 67.7 Å². The van der Waals surface area contributed by atoms with E-state index in [0.717, 1.165) is 0 Å². The number of alkyl halides is 3. The predicted octanol–water partition coefficient (Wildman–Crippen LogP) is 5.44. The van der Waals surface area contributed by atoms with Gasteiger partial charge in [-0.1, -0.05) is 41.5 Å². The van der Waals surface area contributed by atoms with Crippen molar-refractivity contribution in [3.05, 3.63) is 0 Å². The highest BCUT2D eigenvalue weighted by molar-refractivity contribution is 6.74. The maximum atomic E-state index is 13.7. The average Bonchev–Trinajstić information content (AvgIpc) is 2.36. The normalized spacial score (nSPS) is 29.1. The maximum Gasteiger partial charge on any atom is 0.417 e. The Morgan fingerprint density at radius 3 is 1.63 bits per heavy atom. The molecule has 0 radical (unpaired) electrons. The Morgan fingerprint density at radius 1 is 0.852 bits per heavy atom. The lowest BCUT2D eigenvalue weighted by molar-refractivity contribution is -0.316. The van der Waals surface area contributed by atoms with E-state index in [4.69, 9.17) is 13.6 Å². The molecule has 1 N–H and O–H groups in total. The minimum atomic E-state index is -4.65. The van der Waals surface area contributed by atoms with Crippen LogP contribution in [-0.2, 0) is 13.6 Å². The van der Waals surface area contributed by atoms with Crippen molar-refractivity contribution in [2.45, 2.75) is 115 Å². The quantitative estimate of drug-likeness (QED) is 0.604. The van der Waals surface area contributed by atoms with Gasteiger partial charge in [-0.15, -0.1) is 0 Å². The Labute approximate surface area is 164 Å². The molecule has 27 heavy (non-hydrogen) atoms. The van der Waals surface area contributed by atoms with E-state index in [1.54, 1.807) is 0 Å². The van der Waals surface area contributed by atoms with Crippen molar-refractivity contribution in [1.29, 1.82) is 0 Å². The van der Waals surface area contributed by atoms with E-state index in [-0.39, 0.29) is 16.5 Å².